The zero-order valence-corrected chi connectivity index (χ0v) is 13.2. The van der Waals surface area contributed by atoms with E-state index in [2.05, 4.69) is 15.9 Å². The summed E-state index contributed by atoms with van der Waals surface area (Å²) in [7, 11) is 0. The van der Waals surface area contributed by atoms with E-state index in [9.17, 15) is 9.59 Å². The molecule has 1 aromatic heterocycles. The smallest absolute Gasteiger partial charge is 0.303 e. The molecule has 1 aliphatic heterocycles. The van der Waals surface area contributed by atoms with Gasteiger partial charge in [0.05, 0.1) is 0 Å². The summed E-state index contributed by atoms with van der Waals surface area (Å²) in [5.41, 5.74) is 0. The van der Waals surface area contributed by atoms with E-state index >= 15 is 0 Å². The van der Waals surface area contributed by atoms with Crippen molar-refractivity contribution >= 4 is 33.9 Å². The van der Waals surface area contributed by atoms with Crippen LogP contribution in [0, 0.1) is 5.92 Å². The number of furan rings is 1. The summed E-state index contributed by atoms with van der Waals surface area (Å²) in [6.45, 7) is 1.37. The van der Waals surface area contributed by atoms with Gasteiger partial charge in [-0.2, -0.15) is 0 Å². The number of hydrogen-bond acceptors (Lipinski definition) is 3. The Labute approximate surface area is 131 Å². The van der Waals surface area contributed by atoms with Gasteiger partial charge in [0, 0.05) is 25.6 Å². The molecule has 0 saturated carbocycles. The molecule has 1 amide bonds. The zero-order chi connectivity index (χ0) is 15.2. The predicted octanol–water partition coefficient (Wildman–Crippen LogP) is 3.16. The highest BCUT2D eigenvalue weighted by Crippen LogP contribution is 2.21. The second-order valence-electron chi connectivity index (χ2n) is 5.20. The van der Waals surface area contributed by atoms with Crippen LogP contribution in [0.3, 0.4) is 0 Å². The number of aliphatic carboxylic acids is 1. The molecule has 21 heavy (non-hydrogen) atoms. The van der Waals surface area contributed by atoms with E-state index in [1.807, 2.05) is 0 Å². The fourth-order valence-corrected chi connectivity index (χ4v) is 2.82. The van der Waals surface area contributed by atoms with Gasteiger partial charge in [-0.05, 0) is 59.3 Å². The highest BCUT2D eigenvalue weighted by molar-refractivity contribution is 9.10. The highest BCUT2D eigenvalue weighted by atomic mass is 79.9. The summed E-state index contributed by atoms with van der Waals surface area (Å²) >= 11 is 3.21. The lowest BCUT2D eigenvalue weighted by Gasteiger charge is -2.31. The van der Waals surface area contributed by atoms with Gasteiger partial charge >= 0.3 is 5.97 Å². The van der Waals surface area contributed by atoms with E-state index in [-0.39, 0.29) is 18.2 Å². The number of likely N-dealkylation sites (tertiary alicyclic amines) is 1. The summed E-state index contributed by atoms with van der Waals surface area (Å²) in [4.78, 5) is 24.5. The van der Waals surface area contributed by atoms with Crippen LogP contribution >= 0.6 is 15.9 Å². The van der Waals surface area contributed by atoms with Crippen molar-refractivity contribution in [3.8, 4) is 0 Å². The maximum atomic E-state index is 12.1. The Balaban J connectivity index is 1.86. The molecule has 2 heterocycles. The third kappa shape index (κ3) is 5.04. The van der Waals surface area contributed by atoms with Crippen molar-refractivity contribution in [2.75, 3.05) is 13.1 Å². The van der Waals surface area contributed by atoms with E-state index in [4.69, 9.17) is 9.52 Å². The summed E-state index contributed by atoms with van der Waals surface area (Å²) in [5.74, 6) is 0.0731. The van der Waals surface area contributed by atoms with Crippen LogP contribution in [0.1, 0.15) is 31.4 Å². The number of carbonyl (C=O) groups is 2. The molecule has 2 rings (SSSR count). The second kappa shape index (κ2) is 7.45. The van der Waals surface area contributed by atoms with Crippen LogP contribution in [0.25, 0.3) is 6.08 Å². The monoisotopic (exact) mass is 355 g/mol. The average Bonchev–Trinajstić information content (AvgIpc) is 2.88. The Bertz CT molecular complexity index is 538. The predicted molar refractivity (Wildman–Crippen MR) is 81.6 cm³/mol. The standard InChI is InChI=1S/C15H18BrNO4/c16-13-6-4-12(21-13)5-7-14(18)17-9-1-2-11(10-17)3-8-15(19)20/h4-7,11H,1-3,8-10H2,(H,19,20). The second-order valence-corrected chi connectivity index (χ2v) is 5.98. The number of carboxylic acid groups (broad SMARTS) is 1. The third-order valence-electron chi connectivity index (χ3n) is 3.58. The molecule has 0 bridgehead atoms. The quantitative estimate of drug-likeness (QED) is 0.823. The van der Waals surface area contributed by atoms with Crippen LogP contribution in [0.15, 0.2) is 27.3 Å². The van der Waals surface area contributed by atoms with Crippen LogP contribution in [0.5, 0.6) is 0 Å². The average molecular weight is 356 g/mol. The van der Waals surface area contributed by atoms with Gasteiger partial charge in [-0.15, -0.1) is 0 Å². The SMILES string of the molecule is O=C(O)CCC1CCCN(C(=O)C=Cc2ccc(Br)o2)C1. The van der Waals surface area contributed by atoms with E-state index in [0.29, 0.717) is 23.4 Å². The molecule has 0 radical (unpaired) electrons. The van der Waals surface area contributed by atoms with Gasteiger partial charge in [0.2, 0.25) is 5.91 Å². The molecular weight excluding hydrogens is 338 g/mol. The van der Waals surface area contributed by atoms with Crippen molar-refractivity contribution in [3.05, 3.63) is 28.6 Å². The van der Waals surface area contributed by atoms with Crippen molar-refractivity contribution in [2.24, 2.45) is 5.92 Å². The minimum Gasteiger partial charge on any atom is -0.481 e. The molecule has 1 atom stereocenters. The highest BCUT2D eigenvalue weighted by Gasteiger charge is 2.22. The van der Waals surface area contributed by atoms with Crippen molar-refractivity contribution in [2.45, 2.75) is 25.7 Å². The van der Waals surface area contributed by atoms with Gasteiger partial charge in [-0.25, -0.2) is 0 Å². The Hall–Kier alpha value is -1.56. The molecule has 1 saturated heterocycles. The number of nitrogens with zero attached hydrogens (tertiary/aromatic N) is 1. The minimum atomic E-state index is -0.776. The molecule has 6 heteroatoms. The molecule has 1 aliphatic rings. The van der Waals surface area contributed by atoms with E-state index < -0.39 is 5.97 Å². The number of carboxylic acids is 1. The van der Waals surface area contributed by atoms with Gasteiger partial charge in [0.25, 0.3) is 0 Å². The maximum Gasteiger partial charge on any atom is 0.303 e. The number of amides is 1. The molecule has 1 aromatic rings. The van der Waals surface area contributed by atoms with Crippen molar-refractivity contribution < 1.29 is 19.1 Å². The topological polar surface area (TPSA) is 70.8 Å². The maximum absolute atomic E-state index is 12.1. The Morgan fingerprint density at radius 1 is 1.48 bits per heavy atom. The Kier molecular flexibility index (Phi) is 5.61. The molecule has 1 N–H and O–H groups in total. The van der Waals surface area contributed by atoms with Gasteiger partial charge in [0.1, 0.15) is 5.76 Å². The van der Waals surface area contributed by atoms with E-state index in [1.54, 1.807) is 23.1 Å². The minimum absolute atomic E-state index is 0.0532. The van der Waals surface area contributed by atoms with Crippen LogP contribution in [-0.2, 0) is 9.59 Å². The van der Waals surface area contributed by atoms with Crippen molar-refractivity contribution in [1.29, 1.82) is 0 Å². The Morgan fingerprint density at radius 2 is 2.29 bits per heavy atom. The molecule has 1 fully saturated rings. The van der Waals surface area contributed by atoms with Gasteiger partial charge in [-0.1, -0.05) is 0 Å². The number of carbonyl (C=O) groups excluding carboxylic acids is 1. The van der Waals surface area contributed by atoms with E-state index in [1.165, 1.54) is 6.08 Å². The fraction of sp³-hybridized carbons (Fsp3) is 0.467. The van der Waals surface area contributed by atoms with E-state index in [0.717, 1.165) is 19.4 Å². The first kappa shape index (κ1) is 15.8. The number of piperidine rings is 1. The van der Waals surface area contributed by atoms with Crippen LogP contribution in [0.2, 0.25) is 0 Å². The number of rotatable bonds is 5. The third-order valence-corrected chi connectivity index (χ3v) is 4.01. The van der Waals surface area contributed by atoms with Gasteiger partial charge in [-0.3, -0.25) is 9.59 Å². The molecule has 1 unspecified atom stereocenters. The lowest BCUT2D eigenvalue weighted by Crippen LogP contribution is -2.39. The first-order valence-electron chi connectivity index (χ1n) is 6.98. The summed E-state index contributed by atoms with van der Waals surface area (Å²) in [5, 5.41) is 8.73. The van der Waals surface area contributed by atoms with Gasteiger partial charge in [0.15, 0.2) is 4.67 Å². The molecule has 0 spiro atoms. The lowest BCUT2D eigenvalue weighted by atomic mass is 9.93. The normalized spacial score (nSPS) is 19.1. The molecule has 5 nitrogen and oxygen atoms in total. The number of halogens is 1. The summed E-state index contributed by atoms with van der Waals surface area (Å²) < 4.78 is 5.93. The zero-order valence-electron chi connectivity index (χ0n) is 11.6. The largest absolute Gasteiger partial charge is 0.481 e. The van der Waals surface area contributed by atoms with Crippen LogP contribution < -0.4 is 0 Å². The number of hydrogen-bond donors (Lipinski definition) is 1. The summed E-state index contributed by atoms with van der Waals surface area (Å²) in [6.07, 6.45) is 5.87. The lowest BCUT2D eigenvalue weighted by molar-refractivity contribution is -0.137. The first-order chi connectivity index (χ1) is 10.0. The first-order valence-corrected chi connectivity index (χ1v) is 7.78. The van der Waals surface area contributed by atoms with Crippen LogP contribution in [-0.4, -0.2) is 35.0 Å². The summed E-state index contributed by atoms with van der Waals surface area (Å²) in [6, 6.07) is 3.55. The van der Waals surface area contributed by atoms with Crippen molar-refractivity contribution in [1.82, 2.24) is 4.90 Å². The molecule has 114 valence electrons. The fourth-order valence-electron chi connectivity index (χ4n) is 2.51. The molecule has 0 aromatic carbocycles. The van der Waals surface area contributed by atoms with Crippen LogP contribution in [0.4, 0.5) is 0 Å². The molecular formula is C15H18BrNO4. The Morgan fingerprint density at radius 3 is 2.95 bits per heavy atom. The van der Waals surface area contributed by atoms with Gasteiger partial charge < -0.3 is 14.4 Å². The molecule has 0 aliphatic carbocycles. The van der Waals surface area contributed by atoms with Crippen molar-refractivity contribution in [3.63, 3.8) is 0 Å².